The Morgan fingerprint density at radius 1 is 0.944 bits per heavy atom. The Hall–Kier alpha value is -1.47. The predicted molar refractivity (Wildman–Crippen MR) is 80.9 cm³/mol. The summed E-state index contributed by atoms with van der Waals surface area (Å²) in [6, 6.07) is 17.6. The third kappa shape index (κ3) is 2.23. The highest BCUT2D eigenvalue weighted by molar-refractivity contribution is 7.98. The van der Waals surface area contributed by atoms with Crippen molar-refractivity contribution in [3.8, 4) is 0 Å². The van der Waals surface area contributed by atoms with Gasteiger partial charge in [0.1, 0.15) is 0 Å². The molecule has 2 aromatic carbocycles. The first-order chi connectivity index (χ1) is 8.86. The van der Waals surface area contributed by atoms with E-state index in [9.17, 15) is 0 Å². The van der Waals surface area contributed by atoms with Gasteiger partial charge in [0.2, 0.25) is 0 Å². The molecule has 1 heteroatoms. The van der Waals surface area contributed by atoms with Crippen molar-refractivity contribution in [3.63, 3.8) is 0 Å². The number of fused-ring (bicyclic) bond motifs is 1. The van der Waals surface area contributed by atoms with Gasteiger partial charge in [-0.1, -0.05) is 42.5 Å². The molecule has 0 amide bonds. The largest absolute Gasteiger partial charge is 0.130 e. The van der Waals surface area contributed by atoms with Crippen molar-refractivity contribution in [1.82, 2.24) is 0 Å². The van der Waals surface area contributed by atoms with Gasteiger partial charge in [-0.15, -0.1) is 11.8 Å². The zero-order chi connectivity index (χ0) is 12.4. The molecule has 0 N–H and O–H groups in total. The van der Waals surface area contributed by atoms with Crippen LogP contribution in [0.2, 0.25) is 0 Å². The van der Waals surface area contributed by atoms with Gasteiger partial charge in [0.25, 0.3) is 0 Å². The molecule has 0 aliphatic heterocycles. The summed E-state index contributed by atoms with van der Waals surface area (Å²) >= 11 is 1.79. The highest BCUT2D eigenvalue weighted by Gasteiger charge is 2.14. The van der Waals surface area contributed by atoms with Crippen LogP contribution in [0.25, 0.3) is 11.6 Å². The van der Waals surface area contributed by atoms with E-state index in [-0.39, 0.29) is 0 Å². The van der Waals surface area contributed by atoms with Gasteiger partial charge in [0.15, 0.2) is 0 Å². The Morgan fingerprint density at radius 3 is 2.50 bits per heavy atom. The van der Waals surface area contributed by atoms with Gasteiger partial charge < -0.3 is 0 Å². The van der Waals surface area contributed by atoms with Gasteiger partial charge in [-0.3, -0.25) is 0 Å². The quantitative estimate of drug-likeness (QED) is 0.685. The predicted octanol–water partition coefficient (Wildman–Crippen LogP) is 4.90. The van der Waals surface area contributed by atoms with Crippen LogP contribution in [0.4, 0.5) is 0 Å². The summed E-state index contributed by atoms with van der Waals surface area (Å²) in [6.45, 7) is 0. The number of thioether (sulfide) groups is 1. The van der Waals surface area contributed by atoms with Gasteiger partial charge in [-0.25, -0.2) is 0 Å². The minimum atomic E-state index is 1.17. The van der Waals surface area contributed by atoms with E-state index in [1.807, 2.05) is 0 Å². The number of benzene rings is 2. The second-order valence-corrected chi connectivity index (χ2v) is 5.48. The van der Waals surface area contributed by atoms with Crippen molar-refractivity contribution >= 4 is 23.4 Å². The van der Waals surface area contributed by atoms with Crippen LogP contribution in [0.5, 0.6) is 0 Å². The van der Waals surface area contributed by atoms with Gasteiger partial charge in [0, 0.05) is 4.90 Å². The van der Waals surface area contributed by atoms with Crippen LogP contribution in [-0.2, 0) is 6.42 Å². The molecule has 2 aromatic rings. The molecule has 0 spiro atoms. The zero-order valence-electron chi connectivity index (χ0n) is 10.5. The molecule has 0 atom stereocenters. The molecule has 90 valence electrons. The third-order valence-corrected chi connectivity index (χ3v) is 4.23. The fourth-order valence-electron chi connectivity index (χ4n) is 2.51. The highest BCUT2D eigenvalue weighted by atomic mass is 32.2. The van der Waals surface area contributed by atoms with Crippen molar-refractivity contribution < 1.29 is 0 Å². The van der Waals surface area contributed by atoms with E-state index in [1.54, 1.807) is 11.8 Å². The molecule has 0 nitrogen and oxygen atoms in total. The fourth-order valence-corrected chi connectivity index (χ4v) is 2.92. The van der Waals surface area contributed by atoms with Gasteiger partial charge >= 0.3 is 0 Å². The van der Waals surface area contributed by atoms with Crippen molar-refractivity contribution in [2.45, 2.75) is 17.7 Å². The lowest BCUT2D eigenvalue weighted by Crippen LogP contribution is -1.80. The van der Waals surface area contributed by atoms with Crippen molar-refractivity contribution in [3.05, 3.63) is 65.2 Å². The van der Waals surface area contributed by atoms with Crippen LogP contribution >= 0.6 is 11.8 Å². The molecule has 0 fully saturated rings. The van der Waals surface area contributed by atoms with E-state index in [1.165, 1.54) is 40.0 Å². The second kappa shape index (κ2) is 5.03. The monoisotopic (exact) mass is 252 g/mol. The molecule has 1 aliphatic carbocycles. The second-order valence-electron chi connectivity index (χ2n) is 4.60. The van der Waals surface area contributed by atoms with Crippen molar-refractivity contribution in [2.75, 3.05) is 6.26 Å². The SMILES string of the molecule is CSc1ccc(C=C2CCc3ccccc32)cc1. The zero-order valence-corrected chi connectivity index (χ0v) is 11.3. The minimum Gasteiger partial charge on any atom is -0.130 e. The number of allylic oxidation sites excluding steroid dienone is 1. The van der Waals surface area contributed by atoms with Crippen molar-refractivity contribution in [2.24, 2.45) is 0 Å². The molecule has 0 saturated carbocycles. The Balaban J connectivity index is 1.93. The highest BCUT2D eigenvalue weighted by Crippen LogP contribution is 2.33. The molecule has 0 heterocycles. The van der Waals surface area contributed by atoms with E-state index >= 15 is 0 Å². The molecule has 3 rings (SSSR count). The first kappa shape index (κ1) is 11.6. The van der Waals surface area contributed by atoms with Gasteiger partial charge in [0.05, 0.1) is 0 Å². The number of rotatable bonds is 2. The van der Waals surface area contributed by atoms with E-state index in [2.05, 4.69) is 60.9 Å². The smallest absolute Gasteiger partial charge is 0.00695 e. The molecule has 0 bridgehead atoms. The number of hydrogen-bond acceptors (Lipinski definition) is 1. The first-order valence-corrected chi connectivity index (χ1v) is 7.52. The van der Waals surface area contributed by atoms with Gasteiger partial charge in [-0.05, 0) is 53.5 Å². The van der Waals surface area contributed by atoms with E-state index < -0.39 is 0 Å². The molecule has 0 aromatic heterocycles. The van der Waals surface area contributed by atoms with Crippen LogP contribution in [0, 0.1) is 0 Å². The number of aryl methyl sites for hydroxylation is 1. The summed E-state index contributed by atoms with van der Waals surface area (Å²) in [5, 5.41) is 0. The lowest BCUT2D eigenvalue weighted by Gasteiger charge is -2.02. The van der Waals surface area contributed by atoms with Crippen LogP contribution in [0.3, 0.4) is 0 Å². The molecular formula is C17H16S. The van der Waals surface area contributed by atoms with Crippen LogP contribution < -0.4 is 0 Å². The maximum absolute atomic E-state index is 2.33. The molecule has 0 saturated heterocycles. The summed E-state index contributed by atoms with van der Waals surface area (Å²) in [5.74, 6) is 0. The van der Waals surface area contributed by atoms with Crippen LogP contribution in [-0.4, -0.2) is 6.26 Å². The first-order valence-electron chi connectivity index (χ1n) is 6.30. The maximum atomic E-state index is 2.33. The average molecular weight is 252 g/mol. The van der Waals surface area contributed by atoms with Crippen LogP contribution in [0.15, 0.2) is 53.4 Å². The number of hydrogen-bond donors (Lipinski definition) is 0. The summed E-state index contributed by atoms with van der Waals surface area (Å²) < 4.78 is 0. The van der Waals surface area contributed by atoms with Crippen LogP contribution in [0.1, 0.15) is 23.1 Å². The normalized spacial score (nSPS) is 15.9. The summed E-state index contributed by atoms with van der Waals surface area (Å²) in [4.78, 5) is 1.32. The average Bonchev–Trinajstić information content (AvgIpc) is 2.83. The van der Waals surface area contributed by atoms with E-state index in [4.69, 9.17) is 0 Å². The molecule has 18 heavy (non-hydrogen) atoms. The lowest BCUT2D eigenvalue weighted by atomic mass is 10.0. The standard InChI is InChI=1S/C17H16S/c1-18-16-10-6-13(7-11-16)12-15-9-8-14-4-2-3-5-17(14)15/h2-7,10-12H,8-9H2,1H3. The Kier molecular flexibility index (Phi) is 3.24. The lowest BCUT2D eigenvalue weighted by molar-refractivity contribution is 1.08. The summed E-state index contributed by atoms with van der Waals surface area (Å²) in [6.07, 6.45) is 6.80. The fraction of sp³-hybridized carbons (Fsp3) is 0.176. The molecule has 1 aliphatic rings. The molecule has 0 radical (unpaired) electrons. The van der Waals surface area contributed by atoms with E-state index in [0.29, 0.717) is 0 Å². The third-order valence-electron chi connectivity index (χ3n) is 3.48. The summed E-state index contributed by atoms with van der Waals surface area (Å²) in [5.41, 5.74) is 5.71. The molecular weight excluding hydrogens is 236 g/mol. The molecule has 0 unspecified atom stereocenters. The van der Waals surface area contributed by atoms with Crippen molar-refractivity contribution in [1.29, 1.82) is 0 Å². The minimum absolute atomic E-state index is 1.17. The Bertz CT molecular complexity index is 579. The Labute approximate surface area is 113 Å². The van der Waals surface area contributed by atoms with Gasteiger partial charge in [-0.2, -0.15) is 0 Å². The maximum Gasteiger partial charge on any atom is 0.00695 e. The Morgan fingerprint density at radius 2 is 1.72 bits per heavy atom. The summed E-state index contributed by atoms with van der Waals surface area (Å²) in [7, 11) is 0. The topological polar surface area (TPSA) is 0 Å². The van der Waals surface area contributed by atoms with E-state index in [0.717, 1.165) is 0 Å².